The molecule has 0 radical (unpaired) electrons. The van der Waals surface area contributed by atoms with Crippen molar-refractivity contribution in [3.63, 3.8) is 0 Å². The number of amides is 2. The number of fused-ring (bicyclic) bond motifs is 1. The Bertz CT molecular complexity index is 1190. The predicted molar refractivity (Wildman–Crippen MR) is 120 cm³/mol. The van der Waals surface area contributed by atoms with Gasteiger partial charge < -0.3 is 19.5 Å². The highest BCUT2D eigenvalue weighted by Crippen LogP contribution is 2.14. The van der Waals surface area contributed by atoms with E-state index in [-0.39, 0.29) is 17.2 Å². The number of nitrogens with one attached hydrogen (secondary N) is 1. The highest BCUT2D eigenvalue weighted by Gasteiger charge is 2.20. The number of hydrogen-bond donors (Lipinski definition) is 1. The van der Waals surface area contributed by atoms with Gasteiger partial charge in [-0.05, 0) is 49.5 Å². The zero-order valence-corrected chi connectivity index (χ0v) is 17.2. The highest BCUT2D eigenvalue weighted by molar-refractivity contribution is 6.02. The number of rotatable bonds is 4. The van der Waals surface area contributed by atoms with Gasteiger partial charge in [-0.1, -0.05) is 12.1 Å². The summed E-state index contributed by atoms with van der Waals surface area (Å²) in [4.78, 5) is 41.3. The fourth-order valence-electron chi connectivity index (χ4n) is 3.45. The first kappa shape index (κ1) is 20.6. The van der Waals surface area contributed by atoms with Crippen molar-refractivity contribution in [1.82, 2.24) is 9.80 Å². The Morgan fingerprint density at radius 1 is 1.00 bits per heavy atom. The number of nitrogens with zero attached hydrogens (tertiary/aromatic N) is 2. The van der Waals surface area contributed by atoms with Crippen LogP contribution in [0.3, 0.4) is 0 Å². The molecule has 7 heteroatoms. The van der Waals surface area contributed by atoms with Crippen molar-refractivity contribution in [2.24, 2.45) is 0 Å². The molecular weight excluding hydrogens is 394 g/mol. The third-order valence-electron chi connectivity index (χ3n) is 5.31. The molecule has 1 aliphatic heterocycles. The summed E-state index contributed by atoms with van der Waals surface area (Å²) < 4.78 is 5.44. The lowest BCUT2D eigenvalue weighted by Gasteiger charge is -2.32. The van der Waals surface area contributed by atoms with Gasteiger partial charge in [0, 0.05) is 43.5 Å². The third kappa shape index (κ3) is 4.73. The number of anilines is 1. The minimum absolute atomic E-state index is 0.00565. The summed E-state index contributed by atoms with van der Waals surface area (Å²) in [5.41, 5.74) is 1.75. The largest absolute Gasteiger partial charge is 0.463 e. The van der Waals surface area contributed by atoms with Gasteiger partial charge in [0.2, 0.25) is 5.91 Å². The van der Waals surface area contributed by atoms with E-state index in [2.05, 4.69) is 10.2 Å². The standard InChI is InChI=1S/C24H23N3O4/c1-26-12-14-27(15-13-26)24(30)17-6-9-19(10-7-17)25-22(28)11-8-18-16-31-21-5-3-2-4-20(21)23(18)29/h2-11,16H,12-15H2,1H3,(H,25,28)/b11-8+. The van der Waals surface area contributed by atoms with Gasteiger partial charge in [0.15, 0.2) is 5.43 Å². The molecule has 0 spiro atoms. The smallest absolute Gasteiger partial charge is 0.253 e. The molecule has 0 unspecified atom stereocenters. The van der Waals surface area contributed by atoms with Gasteiger partial charge in [-0.2, -0.15) is 0 Å². The summed E-state index contributed by atoms with van der Waals surface area (Å²) in [6.07, 6.45) is 4.05. The zero-order valence-electron chi connectivity index (χ0n) is 17.2. The first-order valence-electron chi connectivity index (χ1n) is 10.1. The fraction of sp³-hybridized carbons (Fsp3) is 0.208. The Balaban J connectivity index is 1.39. The number of carbonyl (C=O) groups excluding carboxylic acids is 2. The Labute approximate surface area is 179 Å². The topological polar surface area (TPSA) is 82.9 Å². The van der Waals surface area contributed by atoms with Crippen LogP contribution < -0.4 is 10.7 Å². The summed E-state index contributed by atoms with van der Waals surface area (Å²) in [6.45, 7) is 3.15. The van der Waals surface area contributed by atoms with Crippen molar-refractivity contribution in [3.8, 4) is 0 Å². The second-order valence-electron chi connectivity index (χ2n) is 7.51. The lowest BCUT2D eigenvalue weighted by atomic mass is 10.1. The van der Waals surface area contributed by atoms with Gasteiger partial charge >= 0.3 is 0 Å². The van der Waals surface area contributed by atoms with Crippen molar-refractivity contribution < 1.29 is 14.0 Å². The van der Waals surface area contributed by atoms with E-state index in [9.17, 15) is 14.4 Å². The van der Waals surface area contributed by atoms with Crippen LogP contribution in [0.4, 0.5) is 5.69 Å². The van der Waals surface area contributed by atoms with Crippen molar-refractivity contribution in [2.45, 2.75) is 0 Å². The van der Waals surface area contributed by atoms with E-state index in [4.69, 9.17) is 4.42 Å². The summed E-state index contributed by atoms with van der Waals surface area (Å²) >= 11 is 0. The molecule has 7 nitrogen and oxygen atoms in total. The molecule has 0 saturated carbocycles. The van der Waals surface area contributed by atoms with Crippen LogP contribution in [0.5, 0.6) is 0 Å². The molecule has 3 aromatic rings. The molecule has 158 valence electrons. The maximum absolute atomic E-state index is 12.6. The Kier molecular flexibility index (Phi) is 5.95. The monoisotopic (exact) mass is 417 g/mol. The number of likely N-dealkylation sites (N-methyl/N-ethyl adjacent to an activating group) is 1. The van der Waals surface area contributed by atoms with Crippen LogP contribution in [0.2, 0.25) is 0 Å². The Morgan fingerprint density at radius 3 is 2.45 bits per heavy atom. The third-order valence-corrected chi connectivity index (χ3v) is 5.31. The second kappa shape index (κ2) is 8.97. The normalized spacial score (nSPS) is 14.8. The van der Waals surface area contributed by atoms with E-state index in [1.807, 2.05) is 11.9 Å². The average molecular weight is 417 g/mol. The maximum atomic E-state index is 12.6. The highest BCUT2D eigenvalue weighted by atomic mass is 16.3. The molecule has 0 aliphatic carbocycles. The molecule has 2 amide bonds. The molecule has 1 aliphatic rings. The molecule has 0 atom stereocenters. The van der Waals surface area contributed by atoms with Gasteiger partial charge in [-0.15, -0.1) is 0 Å². The van der Waals surface area contributed by atoms with Gasteiger partial charge in [-0.25, -0.2) is 0 Å². The van der Waals surface area contributed by atoms with Crippen molar-refractivity contribution >= 4 is 34.5 Å². The van der Waals surface area contributed by atoms with E-state index in [1.165, 1.54) is 18.4 Å². The molecule has 4 rings (SSSR count). The fourth-order valence-corrected chi connectivity index (χ4v) is 3.45. The zero-order chi connectivity index (χ0) is 21.8. The molecular formula is C24H23N3O4. The van der Waals surface area contributed by atoms with E-state index in [1.54, 1.807) is 48.5 Å². The Hall–Kier alpha value is -3.71. The van der Waals surface area contributed by atoms with Crippen molar-refractivity contribution in [2.75, 3.05) is 38.5 Å². The molecule has 2 aromatic carbocycles. The van der Waals surface area contributed by atoms with Gasteiger partial charge in [0.05, 0.1) is 10.9 Å². The molecule has 2 heterocycles. The number of carbonyl (C=O) groups is 2. The summed E-state index contributed by atoms with van der Waals surface area (Å²) in [7, 11) is 2.04. The molecule has 1 saturated heterocycles. The lowest BCUT2D eigenvalue weighted by molar-refractivity contribution is -0.111. The first-order valence-corrected chi connectivity index (χ1v) is 10.1. The van der Waals surface area contributed by atoms with Crippen LogP contribution in [-0.4, -0.2) is 54.8 Å². The van der Waals surface area contributed by atoms with Crippen LogP contribution in [0, 0.1) is 0 Å². The van der Waals surface area contributed by atoms with Gasteiger partial charge in [0.25, 0.3) is 5.91 Å². The number of piperazine rings is 1. The number of hydrogen-bond acceptors (Lipinski definition) is 5. The molecule has 1 N–H and O–H groups in total. The lowest BCUT2D eigenvalue weighted by Crippen LogP contribution is -2.47. The van der Waals surface area contributed by atoms with Crippen molar-refractivity contribution in [3.05, 3.63) is 82.2 Å². The number of benzene rings is 2. The summed E-state index contributed by atoms with van der Waals surface area (Å²) in [5.74, 6) is -0.389. The summed E-state index contributed by atoms with van der Waals surface area (Å²) in [6, 6.07) is 13.8. The second-order valence-corrected chi connectivity index (χ2v) is 7.51. The molecule has 1 aromatic heterocycles. The van der Waals surface area contributed by atoms with Crippen LogP contribution >= 0.6 is 0 Å². The number of para-hydroxylation sites is 1. The van der Waals surface area contributed by atoms with Crippen LogP contribution in [-0.2, 0) is 4.79 Å². The van der Waals surface area contributed by atoms with Crippen LogP contribution in [0.1, 0.15) is 15.9 Å². The van der Waals surface area contributed by atoms with Gasteiger partial charge in [-0.3, -0.25) is 14.4 Å². The molecule has 0 bridgehead atoms. The first-order chi connectivity index (χ1) is 15.0. The van der Waals surface area contributed by atoms with E-state index in [0.29, 0.717) is 40.9 Å². The minimum Gasteiger partial charge on any atom is -0.463 e. The minimum atomic E-state index is -0.384. The molecule has 31 heavy (non-hydrogen) atoms. The molecule has 1 fully saturated rings. The van der Waals surface area contributed by atoms with Crippen LogP contribution in [0.15, 0.2) is 70.1 Å². The van der Waals surface area contributed by atoms with Crippen LogP contribution in [0.25, 0.3) is 17.0 Å². The van der Waals surface area contributed by atoms with Gasteiger partial charge in [0.1, 0.15) is 11.8 Å². The van der Waals surface area contributed by atoms with Crippen molar-refractivity contribution in [1.29, 1.82) is 0 Å². The predicted octanol–water partition coefficient (Wildman–Crippen LogP) is 2.83. The maximum Gasteiger partial charge on any atom is 0.253 e. The Morgan fingerprint density at radius 2 is 1.71 bits per heavy atom. The average Bonchev–Trinajstić information content (AvgIpc) is 2.79. The summed E-state index contributed by atoms with van der Waals surface area (Å²) in [5, 5.41) is 3.19. The van der Waals surface area contributed by atoms with E-state index in [0.717, 1.165) is 13.1 Å². The van der Waals surface area contributed by atoms with E-state index < -0.39 is 0 Å². The van der Waals surface area contributed by atoms with E-state index >= 15 is 0 Å². The SMILES string of the molecule is CN1CCN(C(=O)c2ccc(NC(=O)/C=C/c3coc4ccccc4c3=O)cc2)CC1. The quantitative estimate of drug-likeness (QED) is 0.660.